The lowest BCUT2D eigenvalue weighted by molar-refractivity contribution is 0.0972. The minimum atomic E-state index is 0.341. The molecule has 0 spiro atoms. The number of carbonyl (C=O) groups is 1. The van der Waals surface area contributed by atoms with Crippen molar-refractivity contribution in [1.29, 1.82) is 0 Å². The van der Waals surface area contributed by atoms with Crippen LogP contribution in [-0.4, -0.2) is 22.4 Å². The molecule has 0 N–H and O–H groups in total. The highest BCUT2D eigenvalue weighted by atomic mass is 32.2. The van der Waals surface area contributed by atoms with Gasteiger partial charge in [0.05, 0.1) is 0 Å². The summed E-state index contributed by atoms with van der Waals surface area (Å²) in [5.41, 5.74) is 3.53. The molecule has 1 aromatic heterocycles. The van der Waals surface area contributed by atoms with Gasteiger partial charge in [-0.3, -0.25) is 4.79 Å². The molecule has 0 aliphatic heterocycles. The van der Waals surface area contributed by atoms with Crippen molar-refractivity contribution < 1.29 is 4.79 Å². The average Bonchev–Trinajstić information content (AvgIpc) is 2.58. The number of nitrogens with zero attached hydrogens (tertiary/aromatic N) is 1. The molecule has 0 amide bonds. The number of Topliss-reactive ketones (excluding diaryl/α,β-unsaturated/α-hetero) is 1. The highest BCUT2D eigenvalue weighted by molar-refractivity contribution is 7.98. The first-order chi connectivity index (χ1) is 7.74. The number of fused-ring (bicyclic) bond motifs is 1. The monoisotopic (exact) mass is 237 g/mol. The van der Waals surface area contributed by atoms with E-state index in [1.165, 1.54) is 23.6 Å². The van der Waals surface area contributed by atoms with Crippen LogP contribution in [0, 0.1) is 6.92 Å². The molecule has 0 atom stereocenters. The van der Waals surface area contributed by atoms with Gasteiger partial charge in [0.15, 0.2) is 5.78 Å². The van der Waals surface area contributed by atoms with E-state index in [1.807, 2.05) is 11.8 Å². The topological polar surface area (TPSA) is 22.0 Å². The molecule has 1 heterocycles. The van der Waals surface area contributed by atoms with Crippen LogP contribution in [0.25, 0.3) is 0 Å². The largest absolute Gasteiger partial charge is 0.348 e. The lowest BCUT2D eigenvalue weighted by Gasteiger charge is -2.15. The first-order valence-electron chi connectivity index (χ1n) is 5.95. The van der Waals surface area contributed by atoms with E-state index in [0.717, 1.165) is 31.4 Å². The predicted octanol–water partition coefficient (Wildman–Crippen LogP) is 3.07. The summed E-state index contributed by atoms with van der Waals surface area (Å²) < 4.78 is 2.35. The molecule has 16 heavy (non-hydrogen) atoms. The highest BCUT2D eigenvalue weighted by Gasteiger charge is 2.21. The Balaban J connectivity index is 2.21. The molecule has 0 fully saturated rings. The van der Waals surface area contributed by atoms with Crippen LogP contribution >= 0.6 is 11.8 Å². The number of ketones is 1. The lowest BCUT2D eigenvalue weighted by Crippen LogP contribution is -2.14. The standard InChI is InChI=1S/C13H19NOS/c1-10-9-11-12(5-3-6-13(11)15)14(10)7-4-8-16-2/h9H,3-8H2,1-2H3. The number of aromatic nitrogens is 1. The Hall–Kier alpha value is -0.700. The van der Waals surface area contributed by atoms with E-state index in [0.29, 0.717) is 5.78 Å². The normalized spacial score (nSPS) is 15.2. The number of hydrogen-bond donors (Lipinski definition) is 0. The molecule has 1 aliphatic carbocycles. The van der Waals surface area contributed by atoms with Crippen LogP contribution < -0.4 is 0 Å². The molecular formula is C13H19NOS. The maximum atomic E-state index is 11.8. The van der Waals surface area contributed by atoms with E-state index in [2.05, 4.69) is 23.8 Å². The second-order valence-corrected chi connectivity index (χ2v) is 5.41. The molecule has 1 aromatic rings. The Labute approximate surface area is 101 Å². The van der Waals surface area contributed by atoms with Gasteiger partial charge in [-0.15, -0.1) is 0 Å². The Morgan fingerprint density at radius 2 is 2.25 bits per heavy atom. The third-order valence-electron chi connectivity index (χ3n) is 3.26. The maximum Gasteiger partial charge on any atom is 0.164 e. The lowest BCUT2D eigenvalue weighted by atomic mass is 9.97. The van der Waals surface area contributed by atoms with Gasteiger partial charge in [-0.2, -0.15) is 11.8 Å². The molecule has 2 nitrogen and oxygen atoms in total. The third kappa shape index (κ3) is 2.19. The van der Waals surface area contributed by atoms with Crippen LogP contribution in [0.3, 0.4) is 0 Å². The molecular weight excluding hydrogens is 218 g/mol. The fraction of sp³-hybridized carbons (Fsp3) is 0.615. The summed E-state index contributed by atoms with van der Waals surface area (Å²) in [6.07, 6.45) is 6.17. The molecule has 0 bridgehead atoms. The first-order valence-corrected chi connectivity index (χ1v) is 7.34. The van der Waals surface area contributed by atoms with Crippen molar-refractivity contribution >= 4 is 17.5 Å². The van der Waals surface area contributed by atoms with E-state index < -0.39 is 0 Å². The SMILES string of the molecule is CSCCCn1c(C)cc2c1CCCC2=O. The summed E-state index contributed by atoms with van der Waals surface area (Å²) in [6, 6.07) is 2.08. The van der Waals surface area contributed by atoms with Crippen LogP contribution in [0.4, 0.5) is 0 Å². The molecule has 3 heteroatoms. The summed E-state index contributed by atoms with van der Waals surface area (Å²) >= 11 is 1.89. The Kier molecular flexibility index (Phi) is 3.74. The second kappa shape index (κ2) is 5.09. The van der Waals surface area contributed by atoms with E-state index in [9.17, 15) is 4.79 Å². The summed E-state index contributed by atoms with van der Waals surface area (Å²) in [6.45, 7) is 3.18. The van der Waals surface area contributed by atoms with Crippen LogP contribution in [0.1, 0.15) is 41.0 Å². The number of aryl methyl sites for hydroxylation is 1. The van der Waals surface area contributed by atoms with Crippen LogP contribution in [0.15, 0.2) is 6.07 Å². The Morgan fingerprint density at radius 1 is 1.44 bits per heavy atom. The molecule has 0 unspecified atom stereocenters. The highest BCUT2D eigenvalue weighted by Crippen LogP contribution is 2.25. The molecule has 0 saturated heterocycles. The molecule has 88 valence electrons. The van der Waals surface area contributed by atoms with Crippen molar-refractivity contribution in [2.75, 3.05) is 12.0 Å². The summed E-state index contributed by atoms with van der Waals surface area (Å²) in [5, 5.41) is 0. The molecule has 0 saturated carbocycles. The van der Waals surface area contributed by atoms with Gasteiger partial charge in [-0.05, 0) is 44.3 Å². The van der Waals surface area contributed by atoms with Crippen molar-refractivity contribution in [3.8, 4) is 0 Å². The minimum Gasteiger partial charge on any atom is -0.348 e. The fourth-order valence-corrected chi connectivity index (χ4v) is 2.89. The average molecular weight is 237 g/mol. The number of rotatable bonds is 4. The van der Waals surface area contributed by atoms with E-state index in [4.69, 9.17) is 0 Å². The van der Waals surface area contributed by atoms with Gasteiger partial charge in [0.25, 0.3) is 0 Å². The van der Waals surface area contributed by atoms with Gasteiger partial charge in [0, 0.05) is 29.9 Å². The first kappa shape index (κ1) is 11.8. The van der Waals surface area contributed by atoms with Crippen molar-refractivity contribution in [1.82, 2.24) is 4.57 Å². The van der Waals surface area contributed by atoms with Gasteiger partial charge in [0.2, 0.25) is 0 Å². The quantitative estimate of drug-likeness (QED) is 0.751. The summed E-state index contributed by atoms with van der Waals surface area (Å²) in [4.78, 5) is 11.8. The van der Waals surface area contributed by atoms with Gasteiger partial charge in [0.1, 0.15) is 0 Å². The zero-order valence-corrected chi connectivity index (χ0v) is 10.9. The fourth-order valence-electron chi connectivity index (χ4n) is 2.47. The van der Waals surface area contributed by atoms with Gasteiger partial charge in [-0.25, -0.2) is 0 Å². The summed E-state index contributed by atoms with van der Waals surface area (Å²) in [7, 11) is 0. The zero-order valence-electron chi connectivity index (χ0n) is 10.1. The van der Waals surface area contributed by atoms with Crippen molar-refractivity contribution in [3.05, 3.63) is 23.0 Å². The van der Waals surface area contributed by atoms with E-state index in [-0.39, 0.29) is 0 Å². The van der Waals surface area contributed by atoms with E-state index in [1.54, 1.807) is 0 Å². The Morgan fingerprint density at radius 3 is 3.00 bits per heavy atom. The second-order valence-electron chi connectivity index (χ2n) is 4.42. The number of hydrogen-bond acceptors (Lipinski definition) is 2. The molecule has 0 aromatic carbocycles. The van der Waals surface area contributed by atoms with Gasteiger partial charge < -0.3 is 4.57 Å². The van der Waals surface area contributed by atoms with Crippen molar-refractivity contribution in [2.45, 2.75) is 39.2 Å². The van der Waals surface area contributed by atoms with Crippen LogP contribution in [0.2, 0.25) is 0 Å². The number of carbonyl (C=O) groups excluding carboxylic acids is 1. The van der Waals surface area contributed by atoms with E-state index >= 15 is 0 Å². The predicted molar refractivity (Wildman–Crippen MR) is 69.4 cm³/mol. The third-order valence-corrected chi connectivity index (χ3v) is 3.96. The molecule has 0 radical (unpaired) electrons. The zero-order chi connectivity index (χ0) is 11.5. The minimum absolute atomic E-state index is 0.341. The maximum absolute atomic E-state index is 11.8. The van der Waals surface area contributed by atoms with Crippen LogP contribution in [-0.2, 0) is 13.0 Å². The molecule has 2 rings (SSSR count). The Bertz CT molecular complexity index is 395. The van der Waals surface area contributed by atoms with Crippen molar-refractivity contribution in [2.24, 2.45) is 0 Å². The van der Waals surface area contributed by atoms with Crippen LogP contribution in [0.5, 0.6) is 0 Å². The number of thioether (sulfide) groups is 1. The van der Waals surface area contributed by atoms with Gasteiger partial charge >= 0.3 is 0 Å². The smallest absolute Gasteiger partial charge is 0.164 e. The molecule has 1 aliphatic rings. The van der Waals surface area contributed by atoms with Gasteiger partial charge in [-0.1, -0.05) is 0 Å². The summed E-state index contributed by atoms with van der Waals surface area (Å²) in [5.74, 6) is 1.54. The van der Waals surface area contributed by atoms with Crippen molar-refractivity contribution in [3.63, 3.8) is 0 Å².